The fourth-order valence-corrected chi connectivity index (χ4v) is 1.88. The van der Waals surface area contributed by atoms with Crippen LogP contribution in [0.1, 0.15) is 12.5 Å². The number of rotatable bonds is 5. The summed E-state index contributed by atoms with van der Waals surface area (Å²) < 4.78 is 26.9. The van der Waals surface area contributed by atoms with E-state index in [2.05, 4.69) is 5.32 Å². The molecule has 0 saturated heterocycles. The van der Waals surface area contributed by atoms with Crippen LogP contribution in [0.5, 0.6) is 0 Å². The maximum atomic E-state index is 13.5. The molecule has 1 atom stereocenters. The van der Waals surface area contributed by atoms with Gasteiger partial charge in [-0.05, 0) is 25.1 Å². The highest BCUT2D eigenvalue weighted by atomic mass is 19.1. The lowest BCUT2D eigenvalue weighted by molar-refractivity contribution is -0.688. The second-order valence-corrected chi connectivity index (χ2v) is 4.79. The summed E-state index contributed by atoms with van der Waals surface area (Å²) >= 11 is 0. The fourth-order valence-electron chi connectivity index (χ4n) is 1.88. The van der Waals surface area contributed by atoms with Gasteiger partial charge in [-0.25, -0.2) is 8.78 Å². The molecule has 0 heterocycles. The molecule has 0 fully saturated rings. The maximum absolute atomic E-state index is 13.5. The number of carbonyl (C=O) groups excluding carboxylic acids is 1. The van der Waals surface area contributed by atoms with Crippen molar-refractivity contribution in [2.75, 3.05) is 5.32 Å². The van der Waals surface area contributed by atoms with Gasteiger partial charge in [0.2, 0.25) is 0 Å². The van der Waals surface area contributed by atoms with Crippen LogP contribution in [0.3, 0.4) is 0 Å². The van der Waals surface area contributed by atoms with E-state index in [1.165, 1.54) is 18.2 Å². The first-order chi connectivity index (χ1) is 10.1. The Bertz CT molecular complexity index is 631. The lowest BCUT2D eigenvalue weighted by atomic mass is 10.2. The summed E-state index contributed by atoms with van der Waals surface area (Å²) in [5.74, 6) is -1.10. The fraction of sp³-hybridized carbons (Fsp3) is 0.188. The molecular formula is C16H17F2N2O+. The van der Waals surface area contributed by atoms with Crippen molar-refractivity contribution >= 4 is 11.6 Å². The molecule has 0 unspecified atom stereocenters. The second kappa shape index (κ2) is 6.95. The topological polar surface area (TPSA) is 45.7 Å². The molecule has 0 aromatic heterocycles. The first-order valence-electron chi connectivity index (χ1n) is 6.70. The van der Waals surface area contributed by atoms with Crippen molar-refractivity contribution < 1.29 is 18.9 Å². The van der Waals surface area contributed by atoms with Gasteiger partial charge < -0.3 is 10.6 Å². The molecule has 0 saturated carbocycles. The van der Waals surface area contributed by atoms with E-state index in [4.69, 9.17) is 0 Å². The van der Waals surface area contributed by atoms with Gasteiger partial charge in [0.15, 0.2) is 6.04 Å². The van der Waals surface area contributed by atoms with E-state index in [9.17, 15) is 13.6 Å². The Balaban J connectivity index is 1.91. The minimum atomic E-state index is -0.479. The average Bonchev–Trinajstić information content (AvgIpc) is 2.48. The van der Waals surface area contributed by atoms with Crippen molar-refractivity contribution in [3.8, 4) is 0 Å². The third-order valence-corrected chi connectivity index (χ3v) is 3.19. The summed E-state index contributed by atoms with van der Waals surface area (Å²) in [6.07, 6.45) is 0. The van der Waals surface area contributed by atoms with Gasteiger partial charge in [-0.1, -0.05) is 30.3 Å². The monoisotopic (exact) mass is 291 g/mol. The van der Waals surface area contributed by atoms with Crippen molar-refractivity contribution in [3.63, 3.8) is 0 Å². The van der Waals surface area contributed by atoms with E-state index in [1.54, 1.807) is 42.6 Å². The summed E-state index contributed by atoms with van der Waals surface area (Å²) in [6.45, 7) is 2.04. The highest BCUT2D eigenvalue weighted by Crippen LogP contribution is 2.12. The predicted molar refractivity (Wildman–Crippen MR) is 76.5 cm³/mol. The van der Waals surface area contributed by atoms with E-state index in [0.29, 0.717) is 12.1 Å². The summed E-state index contributed by atoms with van der Waals surface area (Å²) in [5, 5.41) is 4.22. The third kappa shape index (κ3) is 4.10. The van der Waals surface area contributed by atoms with Crippen molar-refractivity contribution in [3.05, 3.63) is 65.7 Å². The van der Waals surface area contributed by atoms with E-state index in [1.807, 2.05) is 0 Å². The molecule has 2 aromatic carbocycles. The lowest BCUT2D eigenvalue weighted by Gasteiger charge is -2.12. The first-order valence-corrected chi connectivity index (χ1v) is 6.70. The number of nitrogens with two attached hydrogens (primary N) is 1. The van der Waals surface area contributed by atoms with Crippen molar-refractivity contribution in [2.45, 2.75) is 19.5 Å². The number of hydrogen-bond acceptors (Lipinski definition) is 1. The molecule has 2 rings (SSSR count). The molecule has 5 heteroatoms. The third-order valence-electron chi connectivity index (χ3n) is 3.19. The zero-order valence-electron chi connectivity index (χ0n) is 11.6. The largest absolute Gasteiger partial charge is 0.332 e. The standard InChI is InChI=1S/C16H16F2N2O/c1-11(19-10-12-6-2-3-7-13(12)17)16(21)20-15-9-5-4-8-14(15)18/h2-9,11,19H,10H2,1H3,(H,20,21)/p+1/t11-/m0/s1. The van der Waals surface area contributed by atoms with E-state index < -0.39 is 11.9 Å². The Kier molecular flexibility index (Phi) is 5.00. The van der Waals surface area contributed by atoms with Gasteiger partial charge >= 0.3 is 0 Å². The quantitative estimate of drug-likeness (QED) is 0.870. The lowest BCUT2D eigenvalue weighted by Crippen LogP contribution is -2.90. The Morgan fingerprint density at radius 1 is 1.10 bits per heavy atom. The number of quaternary nitrogens is 1. The van der Waals surface area contributed by atoms with Crippen LogP contribution in [-0.2, 0) is 11.3 Å². The second-order valence-electron chi connectivity index (χ2n) is 4.79. The molecule has 2 aromatic rings. The van der Waals surface area contributed by atoms with Gasteiger partial charge in [0.1, 0.15) is 18.2 Å². The Hall–Kier alpha value is -2.27. The molecule has 0 aliphatic rings. The normalized spacial score (nSPS) is 12.0. The maximum Gasteiger partial charge on any atom is 0.282 e. The van der Waals surface area contributed by atoms with E-state index in [-0.39, 0.29) is 17.4 Å². The molecule has 0 bridgehead atoms. The van der Waals surface area contributed by atoms with Gasteiger partial charge in [0.05, 0.1) is 5.69 Å². The highest BCUT2D eigenvalue weighted by Gasteiger charge is 2.18. The molecule has 0 aliphatic heterocycles. The van der Waals surface area contributed by atoms with Crippen LogP contribution in [0.15, 0.2) is 48.5 Å². The summed E-state index contributed by atoms with van der Waals surface area (Å²) in [4.78, 5) is 12.0. The van der Waals surface area contributed by atoms with Gasteiger partial charge in [0.25, 0.3) is 5.91 Å². The number of amides is 1. The zero-order valence-corrected chi connectivity index (χ0v) is 11.6. The van der Waals surface area contributed by atoms with Crippen molar-refractivity contribution in [1.82, 2.24) is 0 Å². The molecule has 0 aliphatic carbocycles. The molecule has 0 spiro atoms. The Labute approximate surface area is 122 Å². The van der Waals surface area contributed by atoms with Crippen LogP contribution in [0.4, 0.5) is 14.5 Å². The van der Waals surface area contributed by atoms with Crippen LogP contribution in [-0.4, -0.2) is 11.9 Å². The van der Waals surface area contributed by atoms with Gasteiger partial charge in [-0.2, -0.15) is 0 Å². The molecule has 1 amide bonds. The zero-order chi connectivity index (χ0) is 15.2. The van der Waals surface area contributed by atoms with Crippen molar-refractivity contribution in [2.24, 2.45) is 0 Å². The molecule has 110 valence electrons. The van der Waals surface area contributed by atoms with Gasteiger partial charge in [0, 0.05) is 5.56 Å². The Morgan fingerprint density at radius 2 is 1.71 bits per heavy atom. The predicted octanol–water partition coefficient (Wildman–Crippen LogP) is 2.06. The highest BCUT2D eigenvalue weighted by molar-refractivity contribution is 5.93. The SMILES string of the molecule is C[C@H]([NH2+]Cc1ccccc1F)C(=O)Nc1ccccc1F. The number of halogens is 2. The molecule has 3 N–H and O–H groups in total. The minimum Gasteiger partial charge on any atom is -0.332 e. The smallest absolute Gasteiger partial charge is 0.282 e. The number of para-hydroxylation sites is 1. The number of benzene rings is 2. The van der Waals surface area contributed by atoms with Crippen LogP contribution in [0.2, 0.25) is 0 Å². The van der Waals surface area contributed by atoms with E-state index in [0.717, 1.165) is 0 Å². The van der Waals surface area contributed by atoms with Gasteiger partial charge in [-0.3, -0.25) is 4.79 Å². The molecular weight excluding hydrogens is 274 g/mol. The first kappa shape index (κ1) is 15.1. The Morgan fingerprint density at radius 3 is 2.38 bits per heavy atom. The number of hydrogen-bond donors (Lipinski definition) is 2. The number of carbonyl (C=O) groups is 1. The molecule has 21 heavy (non-hydrogen) atoms. The van der Waals surface area contributed by atoms with Crippen LogP contribution in [0.25, 0.3) is 0 Å². The average molecular weight is 291 g/mol. The molecule has 0 radical (unpaired) electrons. The number of anilines is 1. The summed E-state index contributed by atoms with van der Waals surface area (Å²) in [7, 11) is 0. The van der Waals surface area contributed by atoms with Gasteiger partial charge in [-0.15, -0.1) is 0 Å². The molecule has 3 nitrogen and oxygen atoms in total. The van der Waals surface area contributed by atoms with Crippen LogP contribution in [0, 0.1) is 11.6 Å². The number of nitrogens with one attached hydrogen (secondary N) is 1. The van der Waals surface area contributed by atoms with Crippen LogP contribution >= 0.6 is 0 Å². The van der Waals surface area contributed by atoms with Crippen molar-refractivity contribution in [1.29, 1.82) is 0 Å². The minimum absolute atomic E-state index is 0.147. The summed E-state index contributed by atoms with van der Waals surface area (Å²) in [6, 6.07) is 11.9. The van der Waals surface area contributed by atoms with Crippen LogP contribution < -0.4 is 10.6 Å². The van der Waals surface area contributed by atoms with E-state index >= 15 is 0 Å². The summed E-state index contributed by atoms with van der Waals surface area (Å²) in [5.41, 5.74) is 0.677.